The molecule has 2 bridgehead atoms. The Labute approximate surface area is 207 Å². The zero-order valence-corrected chi connectivity index (χ0v) is 19.9. The third-order valence-corrected chi connectivity index (χ3v) is 7.19. The zero-order valence-electron chi connectivity index (χ0n) is 19.9. The molecule has 0 saturated heterocycles. The monoisotopic (exact) mass is 452 g/mol. The Hall–Kier alpha value is -4.09. The fourth-order valence-electron chi connectivity index (χ4n) is 5.36. The van der Waals surface area contributed by atoms with Gasteiger partial charge in [0.1, 0.15) is 0 Å². The molecule has 5 aliphatic rings. The van der Waals surface area contributed by atoms with Gasteiger partial charge in [-0.1, -0.05) is 54.3 Å². The Bertz CT molecular complexity index is 1460. The molecule has 8 rings (SSSR count). The highest BCUT2D eigenvalue weighted by atomic mass is 14.9. The van der Waals surface area contributed by atoms with Crippen molar-refractivity contribution in [1.82, 2.24) is 10.3 Å². The molecule has 3 heterocycles. The Morgan fingerprint density at radius 2 is 1.60 bits per heavy atom. The topological polar surface area (TPSA) is 24.9 Å². The van der Waals surface area contributed by atoms with E-state index in [1.165, 1.54) is 52.8 Å². The molecule has 2 heteroatoms. The third-order valence-electron chi connectivity index (χ3n) is 7.19. The van der Waals surface area contributed by atoms with Crippen LogP contribution in [0.4, 0.5) is 0 Å². The summed E-state index contributed by atoms with van der Waals surface area (Å²) in [4.78, 5) is 4.06. The molecule has 0 fully saturated rings. The van der Waals surface area contributed by atoms with E-state index >= 15 is 0 Å². The van der Waals surface area contributed by atoms with E-state index in [1.807, 2.05) is 18.3 Å². The van der Waals surface area contributed by atoms with Crippen LogP contribution in [0.25, 0.3) is 17.2 Å². The maximum absolute atomic E-state index is 4.06. The lowest BCUT2D eigenvalue weighted by molar-refractivity contribution is 0.874. The van der Waals surface area contributed by atoms with Gasteiger partial charge in [0.25, 0.3) is 0 Å². The summed E-state index contributed by atoms with van der Waals surface area (Å²) in [6, 6.07) is 15.1. The molecule has 3 aliphatic carbocycles. The minimum absolute atomic E-state index is 1.01. The summed E-state index contributed by atoms with van der Waals surface area (Å²) in [5.41, 5.74) is 13.6. The van der Waals surface area contributed by atoms with Gasteiger partial charge in [-0.05, 0) is 108 Å². The van der Waals surface area contributed by atoms with Crippen LogP contribution < -0.4 is 5.32 Å². The fraction of sp³-hybridized carbons (Fsp3) is 0.182. The van der Waals surface area contributed by atoms with E-state index in [2.05, 4.69) is 82.9 Å². The fourth-order valence-corrected chi connectivity index (χ4v) is 5.36. The number of fused-ring (bicyclic) bond motifs is 8. The molecule has 35 heavy (non-hydrogen) atoms. The van der Waals surface area contributed by atoms with Crippen molar-refractivity contribution in [3.63, 3.8) is 0 Å². The van der Waals surface area contributed by atoms with Crippen molar-refractivity contribution in [2.45, 2.75) is 38.5 Å². The molecular weight excluding hydrogens is 424 g/mol. The lowest BCUT2D eigenvalue weighted by atomic mass is 9.78. The van der Waals surface area contributed by atoms with Crippen LogP contribution in [0.3, 0.4) is 0 Å². The SMILES string of the molecule is C(#Cc1cccc2c1CCc1c-2ccc2c1CCC=C2)c1ccncc1.C1=CC2=CC=C(CC2)N1. The molecular formula is C33H28N2. The van der Waals surface area contributed by atoms with Crippen molar-refractivity contribution >= 4 is 6.08 Å². The first-order valence-corrected chi connectivity index (χ1v) is 12.5. The van der Waals surface area contributed by atoms with Gasteiger partial charge in [0, 0.05) is 35.4 Å². The molecule has 1 N–H and O–H groups in total. The second-order valence-corrected chi connectivity index (χ2v) is 9.33. The number of nitrogens with zero attached hydrogens (tertiary/aromatic N) is 1. The van der Waals surface area contributed by atoms with Crippen molar-refractivity contribution < 1.29 is 0 Å². The number of benzene rings is 2. The molecule has 1 aromatic heterocycles. The molecule has 0 unspecified atom stereocenters. The van der Waals surface area contributed by atoms with E-state index in [9.17, 15) is 0 Å². The lowest BCUT2D eigenvalue weighted by Crippen LogP contribution is -2.11. The van der Waals surface area contributed by atoms with Gasteiger partial charge in [-0.3, -0.25) is 4.98 Å². The number of nitrogens with one attached hydrogen (secondary N) is 1. The smallest absolute Gasteiger partial charge is 0.0287 e. The van der Waals surface area contributed by atoms with Gasteiger partial charge in [0.15, 0.2) is 0 Å². The number of hydrogen-bond acceptors (Lipinski definition) is 2. The van der Waals surface area contributed by atoms with E-state index < -0.39 is 0 Å². The third kappa shape index (κ3) is 4.51. The molecule has 0 amide bonds. The van der Waals surface area contributed by atoms with Gasteiger partial charge in [-0.15, -0.1) is 0 Å². The maximum atomic E-state index is 4.06. The Morgan fingerprint density at radius 1 is 0.714 bits per heavy atom. The van der Waals surface area contributed by atoms with Crippen molar-refractivity contribution in [3.8, 4) is 23.0 Å². The Kier molecular flexibility index (Phi) is 5.91. The highest BCUT2D eigenvalue weighted by Gasteiger charge is 2.22. The van der Waals surface area contributed by atoms with Crippen molar-refractivity contribution in [1.29, 1.82) is 0 Å². The van der Waals surface area contributed by atoms with Gasteiger partial charge >= 0.3 is 0 Å². The van der Waals surface area contributed by atoms with E-state index in [0.29, 0.717) is 0 Å². The zero-order chi connectivity index (χ0) is 23.5. The second-order valence-electron chi connectivity index (χ2n) is 9.33. The molecule has 0 radical (unpaired) electrons. The first kappa shape index (κ1) is 21.4. The van der Waals surface area contributed by atoms with Crippen molar-refractivity contribution in [3.05, 3.63) is 130 Å². The van der Waals surface area contributed by atoms with Crippen LogP contribution in [0.5, 0.6) is 0 Å². The van der Waals surface area contributed by atoms with Gasteiger partial charge in [0.05, 0.1) is 0 Å². The van der Waals surface area contributed by atoms with Crippen LogP contribution in [0.15, 0.2) is 96.6 Å². The first-order valence-electron chi connectivity index (χ1n) is 12.5. The second kappa shape index (κ2) is 9.65. The summed E-state index contributed by atoms with van der Waals surface area (Å²) >= 11 is 0. The number of aromatic nitrogens is 1. The highest BCUT2D eigenvalue weighted by molar-refractivity contribution is 5.79. The normalized spacial score (nSPS) is 16.0. The van der Waals surface area contributed by atoms with Crippen LogP contribution in [0, 0.1) is 11.8 Å². The molecule has 2 aromatic carbocycles. The predicted molar refractivity (Wildman–Crippen MR) is 145 cm³/mol. The predicted octanol–water partition coefficient (Wildman–Crippen LogP) is 6.91. The van der Waals surface area contributed by atoms with Crippen LogP contribution in [-0.4, -0.2) is 4.98 Å². The van der Waals surface area contributed by atoms with Gasteiger partial charge in [0.2, 0.25) is 0 Å². The molecule has 0 atom stereocenters. The van der Waals surface area contributed by atoms with Gasteiger partial charge in [-0.2, -0.15) is 0 Å². The van der Waals surface area contributed by atoms with Crippen LogP contribution in [0.2, 0.25) is 0 Å². The summed E-state index contributed by atoms with van der Waals surface area (Å²) in [6.45, 7) is 0. The molecule has 170 valence electrons. The van der Waals surface area contributed by atoms with Gasteiger partial charge in [-0.25, -0.2) is 0 Å². The number of rotatable bonds is 0. The van der Waals surface area contributed by atoms with E-state index in [-0.39, 0.29) is 0 Å². The summed E-state index contributed by atoms with van der Waals surface area (Å²) in [7, 11) is 0. The summed E-state index contributed by atoms with van der Waals surface area (Å²) in [5, 5.41) is 3.20. The Morgan fingerprint density at radius 3 is 2.49 bits per heavy atom. The maximum Gasteiger partial charge on any atom is 0.0287 e. The average molecular weight is 453 g/mol. The van der Waals surface area contributed by atoms with E-state index in [0.717, 1.165) is 30.4 Å². The summed E-state index contributed by atoms with van der Waals surface area (Å²) in [5.74, 6) is 6.68. The first-order chi connectivity index (χ1) is 17.3. The van der Waals surface area contributed by atoms with Crippen molar-refractivity contribution in [2.75, 3.05) is 0 Å². The largest absolute Gasteiger partial charge is 0.365 e. The minimum atomic E-state index is 1.01. The summed E-state index contributed by atoms with van der Waals surface area (Å²) in [6.07, 6.45) is 23.5. The number of hydrogen-bond donors (Lipinski definition) is 1. The minimum Gasteiger partial charge on any atom is -0.365 e. The standard InChI is InChI=1S/C25H19N.C8H9N/c1-2-6-21-19(4-1)10-11-25-23-7-3-5-20(22(23)12-13-24(21)25)9-8-18-14-16-26-17-15-18;1-3-8-4-2-7(1)5-6-9-8/h1,3-5,7,10-11,14-17H,2,6,12-13H2;1,3,5-6,9H,2,4H2. The van der Waals surface area contributed by atoms with Crippen molar-refractivity contribution in [2.24, 2.45) is 0 Å². The number of pyridine rings is 1. The van der Waals surface area contributed by atoms with Crippen LogP contribution in [-0.2, 0) is 19.3 Å². The molecule has 3 aromatic rings. The molecule has 2 aliphatic heterocycles. The molecule has 0 saturated carbocycles. The van der Waals surface area contributed by atoms with Crippen LogP contribution >= 0.6 is 0 Å². The molecule has 2 nitrogen and oxygen atoms in total. The molecule has 0 spiro atoms. The summed E-state index contributed by atoms with van der Waals surface area (Å²) < 4.78 is 0. The average Bonchev–Trinajstić information content (AvgIpc) is 3.30. The quantitative estimate of drug-likeness (QED) is 0.375. The lowest BCUT2D eigenvalue weighted by Gasteiger charge is -2.26. The number of allylic oxidation sites excluding steroid dienone is 6. The van der Waals surface area contributed by atoms with Crippen LogP contribution in [0.1, 0.15) is 52.6 Å². The Balaban J connectivity index is 0.000000212. The highest BCUT2D eigenvalue weighted by Crippen LogP contribution is 2.39. The van der Waals surface area contributed by atoms with E-state index in [4.69, 9.17) is 0 Å². The van der Waals surface area contributed by atoms with Gasteiger partial charge < -0.3 is 5.32 Å². The van der Waals surface area contributed by atoms with E-state index in [1.54, 1.807) is 23.5 Å².